The average molecular weight is 539 g/mol. The topological polar surface area (TPSA) is 79.7 Å². The van der Waals surface area contributed by atoms with Crippen molar-refractivity contribution in [1.82, 2.24) is 9.78 Å². The number of benzene rings is 3. The Labute approximate surface area is 209 Å². The molecule has 1 aromatic heterocycles. The molecule has 178 valence electrons. The molecule has 0 unspecified atom stereocenters. The first-order valence-electron chi connectivity index (χ1n) is 10.4. The van der Waals surface area contributed by atoms with Gasteiger partial charge in [0.2, 0.25) is 0 Å². The Morgan fingerprint density at radius 1 is 0.943 bits per heavy atom. The smallest absolute Gasteiger partial charge is 0.357 e. The first-order valence-corrected chi connectivity index (χ1v) is 11.2. The summed E-state index contributed by atoms with van der Waals surface area (Å²) in [5.41, 5.74) is 1.78. The van der Waals surface area contributed by atoms with Gasteiger partial charge in [-0.25, -0.2) is 18.7 Å². The molecule has 0 aliphatic rings. The summed E-state index contributed by atoms with van der Waals surface area (Å²) in [6.45, 7) is 0.145. The van der Waals surface area contributed by atoms with Gasteiger partial charge in [0, 0.05) is 10.0 Å². The zero-order valence-corrected chi connectivity index (χ0v) is 20.4. The molecular formula is C26H20BrFN2O5. The van der Waals surface area contributed by atoms with Crippen molar-refractivity contribution in [2.45, 2.75) is 6.61 Å². The lowest BCUT2D eigenvalue weighted by atomic mass is 10.0. The number of carbonyl (C=O) groups excluding carboxylic acids is 2. The van der Waals surface area contributed by atoms with Gasteiger partial charge in [0.05, 0.1) is 19.9 Å². The second-order valence-corrected chi connectivity index (χ2v) is 8.27. The van der Waals surface area contributed by atoms with Gasteiger partial charge >= 0.3 is 11.9 Å². The number of carbonyl (C=O) groups is 2. The molecule has 3 aromatic carbocycles. The normalized spacial score (nSPS) is 10.6. The summed E-state index contributed by atoms with van der Waals surface area (Å²) in [4.78, 5) is 25.8. The van der Waals surface area contributed by atoms with Gasteiger partial charge in [0.1, 0.15) is 29.4 Å². The molecule has 4 aromatic rings. The maximum Gasteiger partial charge on any atom is 0.357 e. The minimum atomic E-state index is -0.757. The standard InChI is InChI=1S/C26H20BrFN2O5/c1-33-25(31)22-23(29-30(24(22)26(32)34-2)19-6-4-3-5-7-19)20-14-17(27)10-13-21(20)35-15-16-8-11-18(28)12-9-16/h3-14H,15H2,1-2H3. The fraction of sp³-hybridized carbons (Fsp3) is 0.115. The van der Waals surface area contributed by atoms with Crippen molar-refractivity contribution in [2.75, 3.05) is 14.2 Å². The maximum absolute atomic E-state index is 13.3. The van der Waals surface area contributed by atoms with Gasteiger partial charge in [0.25, 0.3) is 0 Å². The average Bonchev–Trinajstić information content (AvgIpc) is 3.29. The number of hydrogen-bond acceptors (Lipinski definition) is 6. The lowest BCUT2D eigenvalue weighted by Crippen LogP contribution is -2.15. The van der Waals surface area contributed by atoms with Crippen LogP contribution < -0.4 is 4.74 Å². The number of para-hydroxylation sites is 1. The largest absolute Gasteiger partial charge is 0.488 e. The summed E-state index contributed by atoms with van der Waals surface area (Å²) in [6, 6.07) is 20.0. The van der Waals surface area contributed by atoms with Crippen LogP contribution in [0, 0.1) is 5.82 Å². The molecule has 0 amide bonds. The van der Waals surface area contributed by atoms with Crippen LogP contribution in [0.15, 0.2) is 77.3 Å². The molecule has 0 saturated carbocycles. The number of hydrogen-bond donors (Lipinski definition) is 0. The van der Waals surface area contributed by atoms with Crippen LogP contribution in [0.4, 0.5) is 4.39 Å². The third kappa shape index (κ3) is 5.09. The minimum absolute atomic E-state index is 0.0621. The van der Waals surface area contributed by atoms with Crippen molar-refractivity contribution < 1.29 is 28.2 Å². The van der Waals surface area contributed by atoms with Crippen LogP contribution in [-0.4, -0.2) is 35.9 Å². The third-order valence-corrected chi connectivity index (χ3v) is 5.65. The zero-order valence-electron chi connectivity index (χ0n) is 18.8. The first-order chi connectivity index (χ1) is 16.9. The van der Waals surface area contributed by atoms with Gasteiger partial charge in [-0.1, -0.05) is 46.3 Å². The predicted molar refractivity (Wildman–Crippen MR) is 130 cm³/mol. The van der Waals surface area contributed by atoms with Gasteiger partial charge in [0.15, 0.2) is 5.69 Å². The number of methoxy groups -OCH3 is 2. The van der Waals surface area contributed by atoms with Crippen LogP contribution in [0.1, 0.15) is 26.4 Å². The second-order valence-electron chi connectivity index (χ2n) is 7.36. The number of aromatic nitrogens is 2. The van der Waals surface area contributed by atoms with Gasteiger partial charge in [-0.3, -0.25) is 0 Å². The van der Waals surface area contributed by atoms with Crippen LogP contribution >= 0.6 is 15.9 Å². The summed E-state index contributed by atoms with van der Waals surface area (Å²) in [5.74, 6) is -1.46. The summed E-state index contributed by atoms with van der Waals surface area (Å²) in [6.07, 6.45) is 0. The Balaban J connectivity index is 1.89. The lowest BCUT2D eigenvalue weighted by molar-refractivity contribution is 0.0549. The van der Waals surface area contributed by atoms with Crippen LogP contribution in [0.25, 0.3) is 16.9 Å². The molecule has 0 bridgehead atoms. The van der Waals surface area contributed by atoms with Crippen molar-refractivity contribution in [3.05, 3.63) is 99.9 Å². The predicted octanol–water partition coefficient (Wildman–Crippen LogP) is 5.59. The number of nitrogens with zero attached hydrogens (tertiary/aromatic N) is 2. The molecule has 4 rings (SSSR count). The van der Waals surface area contributed by atoms with Gasteiger partial charge in [-0.15, -0.1) is 0 Å². The van der Waals surface area contributed by atoms with E-state index in [9.17, 15) is 14.0 Å². The summed E-state index contributed by atoms with van der Waals surface area (Å²) in [7, 11) is 2.45. The van der Waals surface area contributed by atoms with Crippen LogP contribution in [0.5, 0.6) is 5.75 Å². The van der Waals surface area contributed by atoms with Crippen LogP contribution in [-0.2, 0) is 16.1 Å². The van der Waals surface area contributed by atoms with E-state index in [1.54, 1.807) is 54.6 Å². The van der Waals surface area contributed by atoms with E-state index in [4.69, 9.17) is 14.2 Å². The summed E-state index contributed by atoms with van der Waals surface area (Å²) >= 11 is 3.45. The number of esters is 2. The Morgan fingerprint density at radius 3 is 2.29 bits per heavy atom. The van der Waals surface area contributed by atoms with E-state index in [-0.39, 0.29) is 29.4 Å². The third-order valence-electron chi connectivity index (χ3n) is 5.16. The number of ether oxygens (including phenoxy) is 3. The zero-order chi connectivity index (χ0) is 24.9. The van der Waals surface area contributed by atoms with Crippen molar-refractivity contribution in [3.8, 4) is 22.7 Å². The van der Waals surface area contributed by atoms with E-state index in [0.717, 1.165) is 5.56 Å². The molecule has 7 nitrogen and oxygen atoms in total. The van der Waals surface area contributed by atoms with E-state index in [0.29, 0.717) is 21.5 Å². The summed E-state index contributed by atoms with van der Waals surface area (Å²) < 4.78 is 31.3. The van der Waals surface area contributed by atoms with Gasteiger partial charge in [-0.2, -0.15) is 5.10 Å². The molecule has 0 saturated heterocycles. The first kappa shape index (κ1) is 24.2. The summed E-state index contributed by atoms with van der Waals surface area (Å²) in [5, 5.41) is 4.62. The molecule has 0 N–H and O–H groups in total. The van der Waals surface area contributed by atoms with Crippen molar-refractivity contribution >= 4 is 27.9 Å². The maximum atomic E-state index is 13.3. The monoisotopic (exact) mass is 538 g/mol. The molecule has 0 atom stereocenters. The second kappa shape index (κ2) is 10.5. The highest BCUT2D eigenvalue weighted by Gasteiger charge is 2.32. The Bertz CT molecular complexity index is 1370. The van der Waals surface area contributed by atoms with Gasteiger partial charge in [-0.05, 0) is 48.0 Å². The molecule has 0 aliphatic heterocycles. The van der Waals surface area contributed by atoms with Crippen LogP contribution in [0.3, 0.4) is 0 Å². The highest BCUT2D eigenvalue weighted by molar-refractivity contribution is 9.10. The number of halogens is 2. The molecule has 0 radical (unpaired) electrons. The fourth-order valence-corrected chi connectivity index (χ4v) is 3.86. The molecule has 0 fully saturated rings. The molecule has 35 heavy (non-hydrogen) atoms. The van der Waals surface area contributed by atoms with E-state index in [1.807, 2.05) is 6.07 Å². The Kier molecular flexibility index (Phi) is 7.26. The van der Waals surface area contributed by atoms with Crippen molar-refractivity contribution in [1.29, 1.82) is 0 Å². The Hall–Kier alpha value is -3.98. The Morgan fingerprint density at radius 2 is 1.63 bits per heavy atom. The van der Waals surface area contributed by atoms with Crippen molar-refractivity contribution in [2.24, 2.45) is 0 Å². The number of rotatable bonds is 7. The molecule has 9 heteroatoms. The fourth-order valence-electron chi connectivity index (χ4n) is 3.50. The van der Waals surface area contributed by atoms with E-state index < -0.39 is 11.9 Å². The quantitative estimate of drug-likeness (QED) is 0.285. The van der Waals surface area contributed by atoms with E-state index in [2.05, 4.69) is 21.0 Å². The molecular weight excluding hydrogens is 519 g/mol. The molecule has 0 aliphatic carbocycles. The van der Waals surface area contributed by atoms with Gasteiger partial charge < -0.3 is 14.2 Å². The highest BCUT2D eigenvalue weighted by atomic mass is 79.9. The van der Waals surface area contributed by atoms with E-state index >= 15 is 0 Å². The molecule has 0 spiro atoms. The SMILES string of the molecule is COC(=O)c1c(-c2cc(Br)ccc2OCc2ccc(F)cc2)nn(-c2ccccc2)c1C(=O)OC. The lowest BCUT2D eigenvalue weighted by Gasteiger charge is -2.12. The van der Waals surface area contributed by atoms with Crippen LogP contribution in [0.2, 0.25) is 0 Å². The highest BCUT2D eigenvalue weighted by Crippen LogP contribution is 2.37. The minimum Gasteiger partial charge on any atom is -0.488 e. The van der Waals surface area contributed by atoms with Crippen molar-refractivity contribution in [3.63, 3.8) is 0 Å². The molecule has 1 heterocycles. The van der Waals surface area contributed by atoms with E-state index in [1.165, 1.54) is 31.0 Å².